The van der Waals surface area contributed by atoms with Gasteiger partial charge in [0.1, 0.15) is 11.5 Å². The third kappa shape index (κ3) is 3.81. The molecule has 2 atom stereocenters. The lowest BCUT2D eigenvalue weighted by atomic mass is 10.1. The minimum absolute atomic E-state index is 0.0585. The molecule has 0 saturated carbocycles. The van der Waals surface area contributed by atoms with Crippen LogP contribution in [0.2, 0.25) is 0 Å². The molecule has 1 aromatic carbocycles. The highest BCUT2D eigenvalue weighted by molar-refractivity contribution is 5.98. The zero-order valence-corrected chi connectivity index (χ0v) is 14.8. The first-order chi connectivity index (χ1) is 13.3. The summed E-state index contributed by atoms with van der Waals surface area (Å²) in [6.07, 6.45) is 0.0453. The van der Waals surface area contributed by atoms with Gasteiger partial charge in [0.15, 0.2) is 11.9 Å². The SMILES string of the molecule is C[C@H](O)[C@@H](NC(=O)c1ccc(-c2nc3cc(C(=N)N)ccc3[nH]2)nc1)C(=O)O. The van der Waals surface area contributed by atoms with Crippen LogP contribution < -0.4 is 11.1 Å². The maximum absolute atomic E-state index is 12.2. The topological polar surface area (TPSA) is 178 Å². The highest BCUT2D eigenvalue weighted by atomic mass is 16.4. The molecule has 0 fully saturated rings. The number of aromatic amines is 1. The largest absolute Gasteiger partial charge is 0.480 e. The molecule has 0 bridgehead atoms. The van der Waals surface area contributed by atoms with Gasteiger partial charge in [-0.3, -0.25) is 15.2 Å². The highest BCUT2D eigenvalue weighted by Crippen LogP contribution is 2.20. The van der Waals surface area contributed by atoms with Gasteiger partial charge in [-0.15, -0.1) is 0 Å². The summed E-state index contributed by atoms with van der Waals surface area (Å²) < 4.78 is 0. The van der Waals surface area contributed by atoms with Crippen molar-refractivity contribution in [2.45, 2.75) is 19.1 Å². The minimum Gasteiger partial charge on any atom is -0.480 e. The molecule has 3 aromatic rings. The number of nitrogens with two attached hydrogens (primary N) is 1. The number of pyridine rings is 1. The van der Waals surface area contributed by atoms with E-state index >= 15 is 0 Å². The molecular formula is C18H18N6O4. The smallest absolute Gasteiger partial charge is 0.328 e. The molecule has 10 nitrogen and oxygen atoms in total. The van der Waals surface area contributed by atoms with Gasteiger partial charge in [-0.2, -0.15) is 0 Å². The second-order valence-corrected chi connectivity index (χ2v) is 6.19. The number of amides is 1. The summed E-state index contributed by atoms with van der Waals surface area (Å²) in [5.41, 5.74) is 8.01. The summed E-state index contributed by atoms with van der Waals surface area (Å²) in [6.45, 7) is 1.28. The Kier molecular flexibility index (Phi) is 5.05. The molecule has 0 aliphatic rings. The average molecular weight is 382 g/mol. The number of hydrogen-bond acceptors (Lipinski definition) is 6. The summed E-state index contributed by atoms with van der Waals surface area (Å²) in [7, 11) is 0. The molecule has 7 N–H and O–H groups in total. The third-order valence-corrected chi connectivity index (χ3v) is 4.10. The molecule has 0 unspecified atom stereocenters. The van der Waals surface area contributed by atoms with Crippen LogP contribution in [0.5, 0.6) is 0 Å². The first-order valence-corrected chi connectivity index (χ1v) is 8.28. The van der Waals surface area contributed by atoms with Gasteiger partial charge in [0, 0.05) is 11.8 Å². The number of benzene rings is 1. The van der Waals surface area contributed by atoms with Crippen LogP contribution in [-0.4, -0.2) is 55.0 Å². The van der Waals surface area contributed by atoms with E-state index in [1.165, 1.54) is 19.2 Å². The Balaban J connectivity index is 1.82. The van der Waals surface area contributed by atoms with E-state index in [-0.39, 0.29) is 11.4 Å². The molecule has 3 rings (SSSR count). The number of carbonyl (C=O) groups is 2. The number of nitrogen functional groups attached to an aromatic ring is 1. The number of amidine groups is 1. The zero-order chi connectivity index (χ0) is 20.4. The lowest BCUT2D eigenvalue weighted by Crippen LogP contribution is -2.47. The van der Waals surface area contributed by atoms with Gasteiger partial charge >= 0.3 is 5.97 Å². The van der Waals surface area contributed by atoms with Crippen LogP contribution in [0.3, 0.4) is 0 Å². The highest BCUT2D eigenvalue weighted by Gasteiger charge is 2.25. The van der Waals surface area contributed by atoms with Gasteiger partial charge in [0.2, 0.25) is 0 Å². The van der Waals surface area contributed by atoms with Crippen LogP contribution in [0.1, 0.15) is 22.8 Å². The van der Waals surface area contributed by atoms with Crippen molar-refractivity contribution in [3.05, 3.63) is 47.7 Å². The van der Waals surface area contributed by atoms with E-state index in [4.69, 9.17) is 16.2 Å². The van der Waals surface area contributed by atoms with Crippen LogP contribution in [0.4, 0.5) is 0 Å². The maximum Gasteiger partial charge on any atom is 0.328 e. The number of aliphatic hydroxyl groups is 1. The van der Waals surface area contributed by atoms with Crippen molar-refractivity contribution >= 4 is 28.7 Å². The first-order valence-electron chi connectivity index (χ1n) is 8.28. The summed E-state index contributed by atoms with van der Waals surface area (Å²) >= 11 is 0. The number of nitrogens with zero attached hydrogens (tertiary/aromatic N) is 2. The third-order valence-electron chi connectivity index (χ3n) is 4.10. The minimum atomic E-state index is -1.42. The Bertz CT molecular complexity index is 1060. The maximum atomic E-state index is 12.2. The number of carbonyl (C=O) groups excluding carboxylic acids is 1. The molecule has 10 heteroatoms. The first kappa shape index (κ1) is 19.0. The van der Waals surface area contributed by atoms with Gasteiger partial charge in [0.25, 0.3) is 5.91 Å². The Morgan fingerprint density at radius 2 is 1.96 bits per heavy atom. The van der Waals surface area contributed by atoms with Gasteiger partial charge < -0.3 is 26.2 Å². The Hall–Kier alpha value is -3.79. The number of aliphatic carboxylic acids is 1. The number of imidazole rings is 1. The molecule has 28 heavy (non-hydrogen) atoms. The fraction of sp³-hybridized carbons (Fsp3) is 0.167. The van der Waals surface area contributed by atoms with E-state index in [0.29, 0.717) is 22.6 Å². The van der Waals surface area contributed by atoms with Crippen LogP contribution in [0, 0.1) is 5.41 Å². The van der Waals surface area contributed by atoms with Crippen molar-refractivity contribution in [1.29, 1.82) is 5.41 Å². The van der Waals surface area contributed by atoms with E-state index in [2.05, 4.69) is 20.3 Å². The molecule has 1 amide bonds. The molecule has 2 heterocycles. The van der Waals surface area contributed by atoms with E-state index in [0.717, 1.165) is 5.52 Å². The molecule has 0 aliphatic carbocycles. The normalized spacial score (nSPS) is 13.1. The monoisotopic (exact) mass is 382 g/mol. The number of H-pyrrole nitrogens is 1. The Morgan fingerprint density at radius 3 is 2.54 bits per heavy atom. The Morgan fingerprint density at radius 1 is 1.25 bits per heavy atom. The van der Waals surface area contributed by atoms with E-state index < -0.39 is 24.0 Å². The number of hydrogen-bond donors (Lipinski definition) is 6. The number of fused-ring (bicyclic) bond motifs is 1. The number of aromatic nitrogens is 3. The van der Waals surface area contributed by atoms with Crippen molar-refractivity contribution in [2.75, 3.05) is 0 Å². The number of carboxylic acid groups (broad SMARTS) is 1. The van der Waals surface area contributed by atoms with E-state index in [1.54, 1.807) is 24.3 Å². The lowest BCUT2D eigenvalue weighted by molar-refractivity contribution is -0.141. The van der Waals surface area contributed by atoms with Crippen LogP contribution in [0.25, 0.3) is 22.6 Å². The molecule has 0 aliphatic heterocycles. The van der Waals surface area contributed by atoms with E-state index in [9.17, 15) is 14.7 Å². The summed E-state index contributed by atoms with van der Waals surface area (Å²) in [6, 6.07) is 6.77. The van der Waals surface area contributed by atoms with Crippen molar-refractivity contribution in [3.63, 3.8) is 0 Å². The fourth-order valence-corrected chi connectivity index (χ4v) is 2.58. The molecule has 0 saturated heterocycles. The van der Waals surface area contributed by atoms with Crippen molar-refractivity contribution < 1.29 is 19.8 Å². The summed E-state index contributed by atoms with van der Waals surface area (Å²) in [5.74, 6) is -1.59. The van der Waals surface area contributed by atoms with Gasteiger partial charge in [-0.1, -0.05) is 0 Å². The number of carboxylic acids is 1. The molecule has 0 radical (unpaired) electrons. The lowest BCUT2D eigenvalue weighted by Gasteiger charge is -2.16. The molecular weight excluding hydrogens is 364 g/mol. The second kappa shape index (κ2) is 7.45. The molecule has 0 spiro atoms. The number of aliphatic hydroxyl groups excluding tert-OH is 1. The number of rotatable bonds is 6. The van der Waals surface area contributed by atoms with Gasteiger partial charge in [-0.05, 0) is 37.3 Å². The summed E-state index contributed by atoms with van der Waals surface area (Å²) in [5, 5.41) is 28.2. The van der Waals surface area contributed by atoms with E-state index in [1.807, 2.05) is 0 Å². The Labute approximate surface area is 158 Å². The van der Waals surface area contributed by atoms with Gasteiger partial charge in [-0.25, -0.2) is 9.78 Å². The number of nitrogens with one attached hydrogen (secondary N) is 3. The predicted molar refractivity (Wildman–Crippen MR) is 101 cm³/mol. The second-order valence-electron chi connectivity index (χ2n) is 6.19. The zero-order valence-electron chi connectivity index (χ0n) is 14.8. The van der Waals surface area contributed by atoms with Gasteiger partial charge in [0.05, 0.1) is 22.7 Å². The summed E-state index contributed by atoms with van der Waals surface area (Å²) in [4.78, 5) is 34.9. The van der Waals surface area contributed by atoms with Crippen molar-refractivity contribution in [1.82, 2.24) is 20.3 Å². The molecule has 144 valence electrons. The quantitative estimate of drug-likeness (QED) is 0.265. The predicted octanol–water partition coefficient (Wildman–Crippen LogP) is 0.473. The van der Waals surface area contributed by atoms with Crippen LogP contribution in [0.15, 0.2) is 36.5 Å². The average Bonchev–Trinajstić information content (AvgIpc) is 3.08. The fourth-order valence-electron chi connectivity index (χ4n) is 2.58. The van der Waals surface area contributed by atoms with Crippen molar-refractivity contribution in [2.24, 2.45) is 5.73 Å². The standard InChI is InChI=1S/C18H18N6O4/c1-8(25)14(18(27)28)24-17(26)10-3-5-12(21-7-10)16-22-11-4-2-9(15(19)20)6-13(11)23-16/h2-8,14,25H,1H3,(H3,19,20)(H,22,23)(H,24,26)(H,27,28)/t8-,14+/m0/s1. The van der Waals surface area contributed by atoms with Crippen LogP contribution >= 0.6 is 0 Å². The van der Waals surface area contributed by atoms with Crippen molar-refractivity contribution in [3.8, 4) is 11.5 Å². The molecule has 2 aromatic heterocycles. The van der Waals surface area contributed by atoms with Crippen LogP contribution in [-0.2, 0) is 4.79 Å².